The molecule has 0 amide bonds. The molecule has 0 atom stereocenters. The molecule has 0 fully saturated rings. The highest BCUT2D eigenvalue weighted by Gasteiger charge is 2.17. The molecule has 2 heterocycles. The van der Waals surface area contributed by atoms with Crippen LogP contribution in [0.25, 0.3) is 123 Å². The molecule has 0 unspecified atom stereocenters. The molecule has 0 saturated heterocycles. The molecule has 0 saturated carbocycles. The highest BCUT2D eigenvalue weighted by molar-refractivity contribution is 5.93. The first kappa shape index (κ1) is 43.6. The fourth-order valence-corrected chi connectivity index (χ4v) is 9.48. The van der Waals surface area contributed by atoms with Gasteiger partial charge >= 0.3 is 0 Å². The molecule has 4 nitrogen and oxygen atoms in total. The van der Waals surface area contributed by atoms with Crippen LogP contribution >= 0.6 is 0 Å². The van der Waals surface area contributed by atoms with Crippen LogP contribution in [0.2, 0.25) is 0 Å². The van der Waals surface area contributed by atoms with Crippen molar-refractivity contribution >= 4 is 0 Å². The van der Waals surface area contributed by atoms with Gasteiger partial charge in [0, 0.05) is 33.4 Å². The molecule has 12 rings (SSSR count). The Morgan fingerprint density at radius 2 is 0.403 bits per heavy atom. The van der Waals surface area contributed by atoms with Crippen molar-refractivity contribution in [3.8, 4) is 123 Å². The zero-order valence-electron chi connectivity index (χ0n) is 39.3. The Morgan fingerprint density at radius 1 is 0.153 bits per heavy atom. The second kappa shape index (κ2) is 19.8. The number of aromatic nitrogens is 4. The van der Waals surface area contributed by atoms with Crippen molar-refractivity contribution in [1.82, 2.24) is 19.9 Å². The molecule has 0 aliphatic heterocycles. The molecule has 12 aromatic rings. The fourth-order valence-electron chi connectivity index (χ4n) is 9.48. The van der Waals surface area contributed by atoms with Crippen LogP contribution < -0.4 is 0 Å². The van der Waals surface area contributed by atoms with Crippen molar-refractivity contribution in [3.05, 3.63) is 279 Å². The van der Waals surface area contributed by atoms with Crippen LogP contribution in [0, 0.1) is 0 Å². The second-order valence-electron chi connectivity index (χ2n) is 17.8. The highest BCUT2D eigenvalue weighted by Crippen LogP contribution is 2.41. The van der Waals surface area contributed by atoms with Crippen LogP contribution in [-0.4, -0.2) is 19.9 Å². The number of rotatable bonds is 11. The van der Waals surface area contributed by atoms with Gasteiger partial charge in [0.05, 0.1) is 22.8 Å². The minimum Gasteiger partial charge on any atom is -0.228 e. The van der Waals surface area contributed by atoms with E-state index in [1.54, 1.807) is 0 Å². The average molecular weight is 919 g/mol. The molecule has 10 aromatic carbocycles. The molecule has 0 aliphatic carbocycles. The van der Waals surface area contributed by atoms with E-state index < -0.39 is 0 Å². The van der Waals surface area contributed by atoms with Gasteiger partial charge in [-0.1, -0.05) is 255 Å². The molecular formula is C68H46N4. The second-order valence-corrected chi connectivity index (χ2v) is 17.8. The predicted octanol–water partition coefficient (Wildman–Crippen LogP) is 17.6. The molecule has 0 radical (unpaired) electrons. The van der Waals surface area contributed by atoms with Gasteiger partial charge in [-0.2, -0.15) is 0 Å². The Labute approximate surface area is 420 Å². The van der Waals surface area contributed by atoms with Gasteiger partial charge in [-0.3, -0.25) is 0 Å². The first-order valence-electron chi connectivity index (χ1n) is 24.3. The Balaban J connectivity index is 0.907. The third-order valence-corrected chi connectivity index (χ3v) is 13.2. The van der Waals surface area contributed by atoms with Crippen LogP contribution in [0.4, 0.5) is 0 Å². The SMILES string of the molecule is c1ccc(-c2ccc(-c3cc(-c4cccc(-c5ccccc5-c5ccccc5-c5cccc(-c6cc(-c7ccc(-c8ccccc8)cc7)nc(-c7ccccc7)n6)c5)c4)nc(-c4ccccc4)n3)cc2)cc1. The third-order valence-electron chi connectivity index (χ3n) is 13.2. The molecule has 4 heteroatoms. The Kier molecular flexibility index (Phi) is 12.0. The molecule has 0 aliphatic rings. The zero-order chi connectivity index (χ0) is 48.1. The smallest absolute Gasteiger partial charge is 0.160 e. The van der Waals surface area contributed by atoms with E-state index in [0.29, 0.717) is 11.6 Å². The molecule has 2 aromatic heterocycles. The van der Waals surface area contributed by atoms with Gasteiger partial charge in [0.25, 0.3) is 0 Å². The summed E-state index contributed by atoms with van der Waals surface area (Å²) in [6, 6.07) is 97.7. The lowest BCUT2D eigenvalue weighted by molar-refractivity contribution is 1.18. The minimum absolute atomic E-state index is 0.684. The minimum atomic E-state index is 0.684. The first-order valence-corrected chi connectivity index (χ1v) is 24.3. The van der Waals surface area contributed by atoms with Gasteiger partial charge in [-0.05, 0) is 79.9 Å². The Bertz CT molecular complexity index is 3560. The van der Waals surface area contributed by atoms with E-state index in [-0.39, 0.29) is 0 Å². The van der Waals surface area contributed by atoms with Crippen molar-refractivity contribution < 1.29 is 0 Å². The lowest BCUT2D eigenvalue weighted by Gasteiger charge is -2.16. The molecule has 0 spiro atoms. The van der Waals surface area contributed by atoms with Crippen molar-refractivity contribution in [2.75, 3.05) is 0 Å². The van der Waals surface area contributed by atoms with E-state index >= 15 is 0 Å². The van der Waals surface area contributed by atoms with Crippen LogP contribution in [-0.2, 0) is 0 Å². The summed E-state index contributed by atoms with van der Waals surface area (Å²) in [7, 11) is 0. The maximum Gasteiger partial charge on any atom is 0.160 e. The monoisotopic (exact) mass is 918 g/mol. The molecule has 72 heavy (non-hydrogen) atoms. The summed E-state index contributed by atoms with van der Waals surface area (Å²) in [5, 5.41) is 0. The quantitative estimate of drug-likeness (QED) is 0.130. The maximum absolute atomic E-state index is 5.21. The molecular weight excluding hydrogens is 873 g/mol. The summed E-state index contributed by atoms with van der Waals surface area (Å²) in [6.07, 6.45) is 0. The standard InChI is InChI=1S/C68H46N4/c1-5-19-47(20-6-1)49-35-39-51(40-36-49)63-45-65(71-67(69-63)53-23-9-3-10-24-53)57-29-17-27-55(43-57)59-31-13-15-33-61(59)62-34-16-14-32-60(62)56-28-18-30-58(44-56)66-46-64(70-68(72-66)54-25-11-4-12-26-54)52-41-37-50(38-42-52)48-21-7-2-8-22-48/h1-46H. The van der Waals surface area contributed by atoms with E-state index in [1.807, 2.05) is 48.5 Å². The van der Waals surface area contributed by atoms with E-state index in [1.165, 1.54) is 11.1 Å². The Hall–Kier alpha value is -9.64. The van der Waals surface area contributed by atoms with Crippen molar-refractivity contribution in [1.29, 1.82) is 0 Å². The average Bonchev–Trinajstić information content (AvgIpc) is 3.48. The van der Waals surface area contributed by atoms with Crippen LogP contribution in [0.5, 0.6) is 0 Å². The van der Waals surface area contributed by atoms with Gasteiger partial charge in [-0.15, -0.1) is 0 Å². The maximum atomic E-state index is 5.21. The summed E-state index contributed by atoms with van der Waals surface area (Å²) in [4.78, 5) is 20.7. The lowest BCUT2D eigenvalue weighted by atomic mass is 9.88. The summed E-state index contributed by atoms with van der Waals surface area (Å²) >= 11 is 0. The van der Waals surface area contributed by atoms with Gasteiger partial charge in [0.1, 0.15) is 0 Å². The topological polar surface area (TPSA) is 51.6 Å². The van der Waals surface area contributed by atoms with E-state index in [2.05, 4.69) is 231 Å². The van der Waals surface area contributed by atoms with Crippen molar-refractivity contribution in [2.45, 2.75) is 0 Å². The lowest BCUT2D eigenvalue weighted by Crippen LogP contribution is -1.96. The number of nitrogens with zero attached hydrogens (tertiary/aromatic N) is 4. The van der Waals surface area contributed by atoms with Crippen LogP contribution in [0.1, 0.15) is 0 Å². The summed E-state index contributed by atoms with van der Waals surface area (Å²) < 4.78 is 0. The summed E-state index contributed by atoms with van der Waals surface area (Å²) in [5.41, 5.74) is 20.9. The Morgan fingerprint density at radius 3 is 0.764 bits per heavy atom. The zero-order valence-corrected chi connectivity index (χ0v) is 39.3. The van der Waals surface area contributed by atoms with Gasteiger partial charge in [-0.25, -0.2) is 19.9 Å². The molecule has 338 valence electrons. The van der Waals surface area contributed by atoms with Gasteiger partial charge in [0.2, 0.25) is 0 Å². The molecule has 0 N–H and O–H groups in total. The predicted molar refractivity (Wildman–Crippen MR) is 297 cm³/mol. The highest BCUT2D eigenvalue weighted by atomic mass is 14.9. The number of hydrogen-bond donors (Lipinski definition) is 0. The summed E-state index contributed by atoms with van der Waals surface area (Å²) in [6.45, 7) is 0. The van der Waals surface area contributed by atoms with Crippen LogP contribution in [0.15, 0.2) is 279 Å². The van der Waals surface area contributed by atoms with E-state index in [4.69, 9.17) is 19.9 Å². The van der Waals surface area contributed by atoms with Gasteiger partial charge in [0.15, 0.2) is 11.6 Å². The van der Waals surface area contributed by atoms with E-state index in [0.717, 1.165) is 101 Å². The summed E-state index contributed by atoms with van der Waals surface area (Å²) in [5.74, 6) is 1.37. The normalized spacial score (nSPS) is 11.1. The number of hydrogen-bond acceptors (Lipinski definition) is 4. The van der Waals surface area contributed by atoms with E-state index in [9.17, 15) is 0 Å². The first-order chi connectivity index (χ1) is 35.7. The van der Waals surface area contributed by atoms with Crippen LogP contribution in [0.3, 0.4) is 0 Å². The largest absolute Gasteiger partial charge is 0.228 e. The number of benzene rings is 10. The van der Waals surface area contributed by atoms with Gasteiger partial charge < -0.3 is 0 Å². The molecule has 0 bridgehead atoms. The van der Waals surface area contributed by atoms with Crippen molar-refractivity contribution in [3.63, 3.8) is 0 Å². The third kappa shape index (κ3) is 9.16. The fraction of sp³-hybridized carbons (Fsp3) is 0. The van der Waals surface area contributed by atoms with Crippen molar-refractivity contribution in [2.24, 2.45) is 0 Å².